The number of thioether (sulfide) groups is 1. The molecule has 138 valence electrons. The SMILES string of the molecule is CCSC1CCC(NC(=NC)NCCCC(=O)OC2CCCC2)C1. The van der Waals surface area contributed by atoms with E-state index in [1.165, 1.54) is 37.9 Å². The molecular weight excluding hydrogens is 322 g/mol. The van der Waals surface area contributed by atoms with Gasteiger partial charge < -0.3 is 15.4 Å². The van der Waals surface area contributed by atoms with Gasteiger partial charge in [-0.3, -0.25) is 9.79 Å². The third-order valence-corrected chi connectivity index (χ3v) is 6.03. The summed E-state index contributed by atoms with van der Waals surface area (Å²) in [5, 5.41) is 7.61. The van der Waals surface area contributed by atoms with Crippen LogP contribution in [0.4, 0.5) is 0 Å². The Balaban J connectivity index is 1.55. The molecule has 0 bridgehead atoms. The van der Waals surface area contributed by atoms with E-state index >= 15 is 0 Å². The predicted molar refractivity (Wildman–Crippen MR) is 102 cm³/mol. The smallest absolute Gasteiger partial charge is 0.306 e. The monoisotopic (exact) mass is 355 g/mol. The first-order valence-electron chi connectivity index (χ1n) is 9.49. The van der Waals surface area contributed by atoms with Gasteiger partial charge in [0.15, 0.2) is 5.96 Å². The lowest BCUT2D eigenvalue weighted by atomic mass is 10.2. The van der Waals surface area contributed by atoms with Gasteiger partial charge in [-0.15, -0.1) is 0 Å². The summed E-state index contributed by atoms with van der Waals surface area (Å²) in [6.45, 7) is 2.98. The first-order valence-corrected chi connectivity index (χ1v) is 10.5. The molecule has 0 aromatic rings. The molecule has 2 unspecified atom stereocenters. The molecule has 0 spiro atoms. The van der Waals surface area contributed by atoms with Crippen LogP contribution in [0.2, 0.25) is 0 Å². The first-order chi connectivity index (χ1) is 11.7. The molecule has 0 aromatic heterocycles. The number of esters is 1. The van der Waals surface area contributed by atoms with Gasteiger partial charge >= 0.3 is 5.97 Å². The van der Waals surface area contributed by atoms with Crippen molar-refractivity contribution in [2.24, 2.45) is 4.99 Å². The highest BCUT2D eigenvalue weighted by atomic mass is 32.2. The lowest BCUT2D eigenvalue weighted by Crippen LogP contribution is -2.43. The van der Waals surface area contributed by atoms with E-state index in [0.717, 1.165) is 37.0 Å². The predicted octanol–water partition coefficient (Wildman–Crippen LogP) is 3.09. The zero-order chi connectivity index (χ0) is 17.2. The first kappa shape index (κ1) is 19.4. The Morgan fingerprint density at radius 1 is 1.25 bits per heavy atom. The number of nitrogens with zero attached hydrogens (tertiary/aromatic N) is 1. The maximum atomic E-state index is 11.8. The Morgan fingerprint density at radius 2 is 2.04 bits per heavy atom. The van der Waals surface area contributed by atoms with E-state index in [-0.39, 0.29) is 12.1 Å². The van der Waals surface area contributed by atoms with E-state index in [9.17, 15) is 4.79 Å². The third-order valence-electron chi connectivity index (χ3n) is 4.80. The van der Waals surface area contributed by atoms with Gasteiger partial charge in [-0.05, 0) is 57.1 Å². The normalized spacial score (nSPS) is 25.0. The maximum absolute atomic E-state index is 11.8. The van der Waals surface area contributed by atoms with E-state index in [1.54, 1.807) is 7.05 Å². The second-order valence-corrected chi connectivity index (χ2v) is 8.31. The second kappa shape index (κ2) is 10.9. The minimum absolute atomic E-state index is 0.0538. The van der Waals surface area contributed by atoms with Gasteiger partial charge in [-0.2, -0.15) is 11.8 Å². The van der Waals surface area contributed by atoms with Crippen LogP contribution in [0.25, 0.3) is 0 Å². The molecule has 0 aliphatic heterocycles. The van der Waals surface area contributed by atoms with Crippen molar-refractivity contribution in [3.8, 4) is 0 Å². The van der Waals surface area contributed by atoms with E-state index in [4.69, 9.17) is 4.74 Å². The highest BCUT2D eigenvalue weighted by Crippen LogP contribution is 2.29. The van der Waals surface area contributed by atoms with Crippen LogP contribution in [0.3, 0.4) is 0 Å². The number of aliphatic imine (C=N–C) groups is 1. The average Bonchev–Trinajstić information content (AvgIpc) is 3.23. The molecule has 2 aliphatic rings. The fraction of sp³-hybridized carbons (Fsp3) is 0.889. The van der Waals surface area contributed by atoms with Gasteiger partial charge in [0.05, 0.1) is 0 Å². The summed E-state index contributed by atoms with van der Waals surface area (Å²) >= 11 is 2.06. The number of hydrogen-bond acceptors (Lipinski definition) is 4. The standard InChI is InChI=1S/C18H33N3O2S/c1-3-24-16-11-10-14(13-16)21-18(19-2)20-12-6-9-17(22)23-15-7-4-5-8-15/h14-16H,3-13H2,1-2H3,(H2,19,20,21). The van der Waals surface area contributed by atoms with Crippen molar-refractivity contribution in [3.63, 3.8) is 0 Å². The number of rotatable bonds is 8. The van der Waals surface area contributed by atoms with Gasteiger partial charge in [-0.25, -0.2) is 0 Å². The summed E-state index contributed by atoms with van der Waals surface area (Å²) in [7, 11) is 1.80. The molecule has 0 radical (unpaired) electrons. The van der Waals surface area contributed by atoms with Gasteiger partial charge in [0.2, 0.25) is 0 Å². The number of guanidine groups is 1. The highest BCUT2D eigenvalue weighted by molar-refractivity contribution is 7.99. The van der Waals surface area contributed by atoms with Crippen LogP contribution < -0.4 is 10.6 Å². The maximum Gasteiger partial charge on any atom is 0.306 e. The second-order valence-electron chi connectivity index (χ2n) is 6.73. The van der Waals surface area contributed by atoms with Gasteiger partial charge in [0.25, 0.3) is 0 Å². The van der Waals surface area contributed by atoms with Crippen LogP contribution in [0.15, 0.2) is 4.99 Å². The Kier molecular flexibility index (Phi) is 8.78. The van der Waals surface area contributed by atoms with Crippen molar-refractivity contribution in [1.29, 1.82) is 0 Å². The largest absolute Gasteiger partial charge is 0.462 e. The number of carbonyl (C=O) groups excluding carboxylic acids is 1. The summed E-state index contributed by atoms with van der Waals surface area (Å²) < 4.78 is 5.47. The molecule has 2 saturated carbocycles. The van der Waals surface area contributed by atoms with Crippen LogP contribution in [0, 0.1) is 0 Å². The van der Waals surface area contributed by atoms with Gasteiger partial charge in [0.1, 0.15) is 6.10 Å². The lowest BCUT2D eigenvalue weighted by molar-refractivity contribution is -0.148. The van der Waals surface area contributed by atoms with E-state index in [1.807, 2.05) is 0 Å². The fourth-order valence-electron chi connectivity index (χ4n) is 3.54. The van der Waals surface area contributed by atoms with Crippen molar-refractivity contribution in [1.82, 2.24) is 10.6 Å². The van der Waals surface area contributed by atoms with Crippen molar-refractivity contribution in [2.45, 2.75) is 82.1 Å². The van der Waals surface area contributed by atoms with Crippen LogP contribution in [-0.4, -0.2) is 48.7 Å². The molecular formula is C18H33N3O2S. The molecule has 0 heterocycles. The van der Waals surface area contributed by atoms with Crippen LogP contribution in [0.1, 0.15) is 64.7 Å². The van der Waals surface area contributed by atoms with Crippen LogP contribution in [0.5, 0.6) is 0 Å². The van der Waals surface area contributed by atoms with E-state index in [2.05, 4.69) is 34.3 Å². The molecule has 5 nitrogen and oxygen atoms in total. The zero-order valence-corrected chi connectivity index (χ0v) is 16.0. The van der Waals surface area contributed by atoms with Gasteiger partial charge in [0, 0.05) is 31.3 Å². The van der Waals surface area contributed by atoms with E-state index < -0.39 is 0 Å². The van der Waals surface area contributed by atoms with Crippen LogP contribution >= 0.6 is 11.8 Å². The summed E-state index contributed by atoms with van der Waals surface area (Å²) in [6.07, 6.45) is 9.64. The summed E-state index contributed by atoms with van der Waals surface area (Å²) in [4.78, 5) is 16.1. The topological polar surface area (TPSA) is 62.7 Å². The number of nitrogens with one attached hydrogen (secondary N) is 2. The zero-order valence-electron chi connectivity index (χ0n) is 15.2. The Morgan fingerprint density at radius 3 is 2.75 bits per heavy atom. The van der Waals surface area contributed by atoms with Crippen molar-refractivity contribution < 1.29 is 9.53 Å². The molecule has 24 heavy (non-hydrogen) atoms. The van der Waals surface area contributed by atoms with Crippen molar-refractivity contribution in [3.05, 3.63) is 0 Å². The Hall–Kier alpha value is -0.910. The van der Waals surface area contributed by atoms with E-state index in [0.29, 0.717) is 12.5 Å². The average molecular weight is 356 g/mol. The molecule has 2 fully saturated rings. The van der Waals surface area contributed by atoms with Gasteiger partial charge in [-0.1, -0.05) is 6.92 Å². The molecule has 2 N–H and O–H groups in total. The minimum Gasteiger partial charge on any atom is -0.462 e. The number of carbonyl (C=O) groups is 1. The third kappa shape index (κ3) is 6.91. The number of ether oxygens (including phenoxy) is 1. The molecule has 2 rings (SSSR count). The fourth-order valence-corrected chi connectivity index (χ4v) is 4.68. The lowest BCUT2D eigenvalue weighted by Gasteiger charge is -2.17. The highest BCUT2D eigenvalue weighted by Gasteiger charge is 2.25. The molecule has 6 heteroatoms. The molecule has 0 amide bonds. The minimum atomic E-state index is -0.0538. The van der Waals surface area contributed by atoms with Crippen molar-refractivity contribution >= 4 is 23.7 Å². The molecule has 2 atom stereocenters. The Labute approximate surface area is 150 Å². The number of hydrogen-bond donors (Lipinski definition) is 2. The summed E-state index contributed by atoms with van der Waals surface area (Å²) in [5.41, 5.74) is 0. The summed E-state index contributed by atoms with van der Waals surface area (Å²) in [5.74, 6) is 1.99. The molecule has 0 saturated heterocycles. The summed E-state index contributed by atoms with van der Waals surface area (Å²) in [6, 6.07) is 0.521. The Bertz CT molecular complexity index is 411. The van der Waals surface area contributed by atoms with Crippen molar-refractivity contribution in [2.75, 3.05) is 19.3 Å². The molecule has 2 aliphatic carbocycles. The quantitative estimate of drug-likeness (QED) is 0.303. The van der Waals surface area contributed by atoms with Crippen LogP contribution in [-0.2, 0) is 9.53 Å². The molecule has 0 aromatic carbocycles.